The van der Waals surface area contributed by atoms with Crippen molar-refractivity contribution < 1.29 is 4.79 Å². The second kappa shape index (κ2) is 8.66. The average Bonchev–Trinajstić information content (AvgIpc) is 3.26. The lowest BCUT2D eigenvalue weighted by Crippen LogP contribution is -2.37. The minimum absolute atomic E-state index is 0.127. The number of hydrogen-bond donors (Lipinski definition) is 1. The molecular weight excluding hydrogens is 362 g/mol. The monoisotopic (exact) mass is 387 g/mol. The van der Waals surface area contributed by atoms with Crippen LogP contribution in [0.1, 0.15) is 36.8 Å². The normalized spacial score (nSPS) is 15.3. The number of hydrogen-bond acceptors (Lipinski definition) is 2. The van der Waals surface area contributed by atoms with E-state index < -0.39 is 0 Å². The molecule has 3 heteroatoms. The number of thioether (sulfide) groups is 1. The molecule has 0 radical (unpaired) electrons. The van der Waals surface area contributed by atoms with Gasteiger partial charge in [0, 0.05) is 16.3 Å². The summed E-state index contributed by atoms with van der Waals surface area (Å²) in [5.74, 6) is 1.05. The zero-order chi connectivity index (χ0) is 19.2. The second-order valence-corrected chi connectivity index (χ2v) is 8.46. The van der Waals surface area contributed by atoms with Gasteiger partial charge in [-0.05, 0) is 48.2 Å². The lowest BCUT2D eigenvalue weighted by molar-refractivity contribution is -0.121. The first-order valence-electron chi connectivity index (χ1n) is 9.90. The van der Waals surface area contributed by atoms with Crippen LogP contribution in [0.3, 0.4) is 0 Å². The SMILES string of the molecule is O=C(Nc1ccc(CSc2ccccc2)cc1)C1(c2ccccc2)CCCC1. The highest BCUT2D eigenvalue weighted by Crippen LogP contribution is 2.42. The Bertz CT molecular complexity index is 900. The Morgan fingerprint density at radius 1 is 0.821 bits per heavy atom. The van der Waals surface area contributed by atoms with Crippen LogP contribution in [0.2, 0.25) is 0 Å². The topological polar surface area (TPSA) is 29.1 Å². The van der Waals surface area contributed by atoms with Gasteiger partial charge in [0.2, 0.25) is 5.91 Å². The van der Waals surface area contributed by atoms with Crippen LogP contribution >= 0.6 is 11.8 Å². The molecule has 1 N–H and O–H groups in total. The number of carbonyl (C=O) groups is 1. The Kier molecular flexibility index (Phi) is 5.82. The molecule has 142 valence electrons. The van der Waals surface area contributed by atoms with Gasteiger partial charge in [-0.3, -0.25) is 4.79 Å². The van der Waals surface area contributed by atoms with Gasteiger partial charge in [0.1, 0.15) is 0 Å². The minimum Gasteiger partial charge on any atom is -0.325 e. The van der Waals surface area contributed by atoms with E-state index >= 15 is 0 Å². The number of amides is 1. The predicted octanol–water partition coefficient (Wildman–Crippen LogP) is 6.43. The molecule has 0 atom stereocenters. The Balaban J connectivity index is 1.43. The van der Waals surface area contributed by atoms with Crippen LogP contribution in [0.15, 0.2) is 89.8 Å². The Morgan fingerprint density at radius 2 is 1.43 bits per heavy atom. The van der Waals surface area contributed by atoms with Gasteiger partial charge in [-0.25, -0.2) is 0 Å². The van der Waals surface area contributed by atoms with E-state index in [9.17, 15) is 4.79 Å². The van der Waals surface area contributed by atoms with Crippen molar-refractivity contribution in [1.29, 1.82) is 0 Å². The summed E-state index contributed by atoms with van der Waals surface area (Å²) in [6.07, 6.45) is 4.07. The fraction of sp³-hybridized carbons (Fsp3) is 0.240. The van der Waals surface area contributed by atoms with Crippen molar-refractivity contribution in [2.45, 2.75) is 41.7 Å². The predicted molar refractivity (Wildman–Crippen MR) is 118 cm³/mol. The third kappa shape index (κ3) is 4.15. The van der Waals surface area contributed by atoms with E-state index in [2.05, 4.69) is 53.8 Å². The van der Waals surface area contributed by atoms with E-state index in [0.29, 0.717) is 0 Å². The van der Waals surface area contributed by atoms with Crippen molar-refractivity contribution >= 4 is 23.4 Å². The molecule has 0 aliphatic heterocycles. The minimum atomic E-state index is -0.386. The molecule has 0 spiro atoms. The first kappa shape index (κ1) is 18.8. The highest BCUT2D eigenvalue weighted by molar-refractivity contribution is 7.98. The van der Waals surface area contributed by atoms with Gasteiger partial charge >= 0.3 is 0 Å². The van der Waals surface area contributed by atoms with Crippen molar-refractivity contribution in [2.24, 2.45) is 0 Å². The third-order valence-corrected chi connectivity index (χ3v) is 6.66. The van der Waals surface area contributed by atoms with Crippen LogP contribution in [0.4, 0.5) is 5.69 Å². The smallest absolute Gasteiger partial charge is 0.235 e. The van der Waals surface area contributed by atoms with Crippen LogP contribution < -0.4 is 5.32 Å². The maximum absolute atomic E-state index is 13.2. The lowest BCUT2D eigenvalue weighted by Gasteiger charge is -2.28. The molecular formula is C25H25NOS. The van der Waals surface area contributed by atoms with Gasteiger partial charge < -0.3 is 5.32 Å². The molecule has 1 fully saturated rings. The summed E-state index contributed by atoms with van der Waals surface area (Å²) < 4.78 is 0. The van der Waals surface area contributed by atoms with Gasteiger partial charge in [0.15, 0.2) is 0 Å². The summed E-state index contributed by atoms with van der Waals surface area (Å²) in [6.45, 7) is 0. The van der Waals surface area contributed by atoms with E-state index in [-0.39, 0.29) is 11.3 Å². The summed E-state index contributed by atoms with van der Waals surface area (Å²) in [5, 5.41) is 3.18. The largest absolute Gasteiger partial charge is 0.325 e. The Hall–Kier alpha value is -2.52. The molecule has 0 heterocycles. The first-order valence-corrected chi connectivity index (χ1v) is 10.9. The molecule has 1 aliphatic carbocycles. The molecule has 4 rings (SSSR count). The summed E-state index contributed by atoms with van der Waals surface area (Å²) in [4.78, 5) is 14.5. The van der Waals surface area contributed by atoms with E-state index in [1.165, 1.54) is 10.5 Å². The van der Waals surface area contributed by atoms with Gasteiger partial charge in [-0.15, -0.1) is 11.8 Å². The number of rotatable bonds is 6. The summed E-state index contributed by atoms with van der Waals surface area (Å²) in [7, 11) is 0. The van der Waals surface area contributed by atoms with Crippen LogP contribution in [0.25, 0.3) is 0 Å². The van der Waals surface area contributed by atoms with Crippen molar-refractivity contribution in [1.82, 2.24) is 0 Å². The van der Waals surface area contributed by atoms with E-state index in [4.69, 9.17) is 0 Å². The fourth-order valence-electron chi connectivity index (χ4n) is 4.00. The van der Waals surface area contributed by atoms with Crippen molar-refractivity contribution in [2.75, 3.05) is 5.32 Å². The molecule has 3 aromatic carbocycles. The molecule has 0 unspecified atom stereocenters. The average molecular weight is 388 g/mol. The number of anilines is 1. The Labute approximate surface area is 171 Å². The van der Waals surface area contributed by atoms with Crippen LogP contribution in [0.5, 0.6) is 0 Å². The molecule has 3 aromatic rings. The molecule has 0 saturated heterocycles. The summed E-state index contributed by atoms with van der Waals surface area (Å²) >= 11 is 1.82. The zero-order valence-electron chi connectivity index (χ0n) is 15.9. The highest BCUT2D eigenvalue weighted by Gasteiger charge is 2.42. The quantitative estimate of drug-likeness (QED) is 0.494. The van der Waals surface area contributed by atoms with Crippen molar-refractivity contribution in [3.63, 3.8) is 0 Å². The van der Waals surface area contributed by atoms with Crippen LogP contribution in [-0.2, 0) is 16.0 Å². The third-order valence-electron chi connectivity index (χ3n) is 5.58. The first-order chi connectivity index (χ1) is 13.8. The van der Waals surface area contributed by atoms with Gasteiger partial charge in [0.25, 0.3) is 0 Å². The van der Waals surface area contributed by atoms with Gasteiger partial charge in [0.05, 0.1) is 5.41 Å². The van der Waals surface area contributed by atoms with Gasteiger partial charge in [-0.1, -0.05) is 73.5 Å². The number of carbonyl (C=O) groups excluding carboxylic acids is 1. The number of benzene rings is 3. The Morgan fingerprint density at radius 3 is 2.07 bits per heavy atom. The molecule has 0 bridgehead atoms. The fourth-order valence-corrected chi connectivity index (χ4v) is 4.88. The number of nitrogens with one attached hydrogen (secondary N) is 1. The lowest BCUT2D eigenvalue weighted by atomic mass is 9.78. The second-order valence-electron chi connectivity index (χ2n) is 7.41. The highest BCUT2D eigenvalue weighted by atomic mass is 32.2. The van der Waals surface area contributed by atoms with Crippen molar-refractivity contribution in [3.8, 4) is 0 Å². The maximum Gasteiger partial charge on any atom is 0.235 e. The van der Waals surface area contributed by atoms with E-state index in [1.807, 2.05) is 48.2 Å². The summed E-state index contributed by atoms with van der Waals surface area (Å²) in [6, 6.07) is 28.9. The molecule has 1 amide bonds. The maximum atomic E-state index is 13.2. The van der Waals surface area contributed by atoms with Crippen LogP contribution in [-0.4, -0.2) is 5.91 Å². The van der Waals surface area contributed by atoms with Crippen molar-refractivity contribution in [3.05, 3.63) is 96.1 Å². The molecule has 0 aromatic heterocycles. The molecule has 1 saturated carbocycles. The molecule has 28 heavy (non-hydrogen) atoms. The van der Waals surface area contributed by atoms with Gasteiger partial charge in [-0.2, -0.15) is 0 Å². The molecule has 1 aliphatic rings. The standard InChI is InChI=1S/C25H25NOS/c27-24(25(17-7-8-18-25)21-9-3-1-4-10-21)26-22-15-13-20(14-16-22)19-28-23-11-5-2-6-12-23/h1-6,9-16H,7-8,17-19H2,(H,26,27). The zero-order valence-corrected chi connectivity index (χ0v) is 16.8. The van der Waals surface area contributed by atoms with Crippen LogP contribution in [0, 0.1) is 0 Å². The summed E-state index contributed by atoms with van der Waals surface area (Å²) in [5.41, 5.74) is 2.88. The van der Waals surface area contributed by atoms with E-state index in [0.717, 1.165) is 42.7 Å². The molecule has 2 nitrogen and oxygen atoms in total. The van der Waals surface area contributed by atoms with E-state index in [1.54, 1.807) is 0 Å².